The highest BCUT2D eigenvalue weighted by atomic mass is 19.1. The van der Waals surface area contributed by atoms with Crippen LogP contribution in [0.25, 0.3) is 22.0 Å². The number of hydrogen-bond acceptors (Lipinski definition) is 4. The normalized spacial score (nSPS) is 12.4. The van der Waals surface area contributed by atoms with Gasteiger partial charge in [-0.25, -0.2) is 4.39 Å². The molecule has 5 aromatic rings. The molecule has 52 heavy (non-hydrogen) atoms. The zero-order valence-electron chi connectivity index (χ0n) is 32.4. The first-order valence-electron chi connectivity index (χ1n) is 19.0. The third kappa shape index (κ3) is 10.0. The second-order valence-electron chi connectivity index (χ2n) is 14.1. The second kappa shape index (κ2) is 18.7. The van der Waals surface area contributed by atoms with Crippen LogP contribution in [-0.4, -0.2) is 45.2 Å². The van der Waals surface area contributed by atoms with E-state index in [1.807, 2.05) is 32.0 Å². The zero-order valence-corrected chi connectivity index (χ0v) is 32.4. The topological polar surface area (TPSA) is 77.7 Å². The number of rotatable bonds is 15. The van der Waals surface area contributed by atoms with Gasteiger partial charge in [-0.15, -0.1) is 0 Å². The van der Waals surface area contributed by atoms with Crippen molar-refractivity contribution in [3.05, 3.63) is 113 Å². The molecule has 1 heterocycles. The van der Waals surface area contributed by atoms with Crippen molar-refractivity contribution in [2.24, 2.45) is 11.8 Å². The van der Waals surface area contributed by atoms with E-state index in [-0.39, 0.29) is 28.7 Å². The number of anilines is 1. The summed E-state index contributed by atoms with van der Waals surface area (Å²) in [6.45, 7) is 22.1. The second-order valence-corrected chi connectivity index (χ2v) is 14.1. The lowest BCUT2D eigenvalue weighted by Crippen LogP contribution is -2.32. The molecule has 0 saturated heterocycles. The highest BCUT2D eigenvalue weighted by molar-refractivity contribution is 6.05. The summed E-state index contributed by atoms with van der Waals surface area (Å²) >= 11 is 0. The van der Waals surface area contributed by atoms with Crippen LogP contribution in [0.1, 0.15) is 93.5 Å². The average molecular weight is 708 g/mol. The molecule has 5 rings (SSSR count). The van der Waals surface area contributed by atoms with E-state index in [2.05, 4.69) is 74.5 Å². The number of phenols is 2. The molecule has 278 valence electrons. The molecule has 0 aliphatic carbocycles. The van der Waals surface area contributed by atoms with Crippen molar-refractivity contribution in [2.75, 3.05) is 25.0 Å². The molecule has 3 N–H and O–H groups in total. The number of hydrogen-bond donors (Lipinski definition) is 3. The van der Waals surface area contributed by atoms with Crippen LogP contribution in [0.3, 0.4) is 0 Å². The summed E-state index contributed by atoms with van der Waals surface area (Å²) in [5.74, 6) is 0.0796. The summed E-state index contributed by atoms with van der Waals surface area (Å²) in [5, 5.41) is 25.3. The lowest BCUT2D eigenvalue weighted by atomic mass is 10.0. The van der Waals surface area contributed by atoms with Crippen LogP contribution < -0.4 is 5.32 Å². The zero-order chi connectivity index (χ0) is 37.9. The van der Waals surface area contributed by atoms with Crippen molar-refractivity contribution < 1.29 is 19.4 Å². The highest BCUT2D eigenvalue weighted by Crippen LogP contribution is 2.40. The minimum Gasteiger partial charge on any atom is -0.507 e. The molecule has 0 saturated carbocycles. The van der Waals surface area contributed by atoms with Gasteiger partial charge in [0.2, 0.25) is 0 Å². The maximum atomic E-state index is 13.4. The van der Waals surface area contributed by atoms with Gasteiger partial charge in [0, 0.05) is 53.1 Å². The summed E-state index contributed by atoms with van der Waals surface area (Å²) < 4.78 is 15.9. The molecule has 0 aliphatic rings. The Bertz CT molecular complexity index is 1910. The van der Waals surface area contributed by atoms with Gasteiger partial charge in [0.15, 0.2) is 0 Å². The van der Waals surface area contributed by atoms with Gasteiger partial charge in [-0.3, -0.25) is 4.79 Å². The lowest BCUT2D eigenvalue weighted by Gasteiger charge is -2.27. The smallest absolute Gasteiger partial charge is 0.255 e. The van der Waals surface area contributed by atoms with Gasteiger partial charge in [-0.2, -0.15) is 0 Å². The Balaban J connectivity index is 0.00000297. The van der Waals surface area contributed by atoms with Gasteiger partial charge in [-0.05, 0) is 117 Å². The standard InChI is InChI=1S/C43H52FN3O3.C2H6/c1-7-19-46(20-18-28(3)8-2)26-29(4)27-47-31(6)30(5)38-23-33(12-17-39(38)47)21-32-10-9-11-35(22-32)43(50)45-37-24-40(48)42(41(49)25-37)34-13-15-36(44)16-14-34;1-2/h9-17,22-25,28-29,48-49H,7-8,18-21,26-27H2,1-6H3,(H,45,50);1-2H3. The number of fused-ring (bicyclic) bond motifs is 1. The molecule has 0 fully saturated rings. The number of phenolic OH excluding ortho intramolecular Hbond substituents is 2. The van der Waals surface area contributed by atoms with E-state index in [1.165, 1.54) is 89.9 Å². The number of amides is 1. The largest absolute Gasteiger partial charge is 0.507 e. The molecular weight excluding hydrogens is 650 g/mol. The molecule has 6 nitrogen and oxygen atoms in total. The quantitative estimate of drug-likeness (QED) is 0.101. The summed E-state index contributed by atoms with van der Waals surface area (Å²) in [5.41, 5.74) is 7.42. The molecule has 0 bridgehead atoms. The van der Waals surface area contributed by atoms with E-state index in [0.717, 1.165) is 31.1 Å². The lowest BCUT2D eigenvalue weighted by molar-refractivity contribution is 0.102. The highest BCUT2D eigenvalue weighted by Gasteiger charge is 2.18. The van der Waals surface area contributed by atoms with E-state index in [4.69, 9.17) is 0 Å². The van der Waals surface area contributed by atoms with Crippen LogP contribution in [0, 0.1) is 31.5 Å². The average Bonchev–Trinajstić information content (AvgIpc) is 3.36. The van der Waals surface area contributed by atoms with Crippen LogP contribution in [0.15, 0.2) is 78.9 Å². The van der Waals surface area contributed by atoms with Crippen molar-refractivity contribution in [2.45, 2.75) is 87.6 Å². The maximum Gasteiger partial charge on any atom is 0.255 e. The van der Waals surface area contributed by atoms with Gasteiger partial charge in [0.05, 0.1) is 5.56 Å². The molecule has 1 aromatic heterocycles. The van der Waals surface area contributed by atoms with E-state index in [0.29, 0.717) is 23.5 Å². The first kappa shape index (κ1) is 40.2. The Hall–Kier alpha value is -4.62. The molecule has 0 aliphatic heterocycles. The molecule has 7 heteroatoms. The number of benzene rings is 4. The fourth-order valence-electron chi connectivity index (χ4n) is 6.93. The summed E-state index contributed by atoms with van der Waals surface area (Å²) in [7, 11) is 0. The van der Waals surface area contributed by atoms with Crippen LogP contribution >= 0.6 is 0 Å². The van der Waals surface area contributed by atoms with Crippen LogP contribution in [-0.2, 0) is 13.0 Å². The number of nitrogens with one attached hydrogen (secondary N) is 1. The molecular formula is C45H58FN3O3. The van der Waals surface area contributed by atoms with Crippen molar-refractivity contribution >= 4 is 22.5 Å². The molecule has 0 radical (unpaired) electrons. The Morgan fingerprint density at radius 3 is 2.19 bits per heavy atom. The molecule has 2 unspecified atom stereocenters. The fourth-order valence-corrected chi connectivity index (χ4v) is 6.93. The number of aryl methyl sites for hydroxylation is 1. The number of carbonyl (C=O) groups excluding carboxylic acids is 1. The first-order valence-corrected chi connectivity index (χ1v) is 19.0. The monoisotopic (exact) mass is 707 g/mol. The molecule has 4 aromatic carbocycles. The van der Waals surface area contributed by atoms with Crippen molar-refractivity contribution in [3.63, 3.8) is 0 Å². The third-order valence-electron chi connectivity index (χ3n) is 10.0. The molecule has 2 atom stereocenters. The van der Waals surface area contributed by atoms with Gasteiger partial charge in [-0.1, -0.05) is 78.3 Å². The Morgan fingerprint density at radius 1 is 0.865 bits per heavy atom. The minimum absolute atomic E-state index is 0.170. The number of aromatic nitrogens is 1. The van der Waals surface area contributed by atoms with Crippen LogP contribution in [0.4, 0.5) is 10.1 Å². The van der Waals surface area contributed by atoms with Crippen molar-refractivity contribution in [1.29, 1.82) is 0 Å². The van der Waals surface area contributed by atoms with E-state index in [1.54, 1.807) is 6.07 Å². The summed E-state index contributed by atoms with van der Waals surface area (Å²) in [6.07, 6.45) is 4.35. The van der Waals surface area contributed by atoms with Gasteiger partial charge in [0.1, 0.15) is 17.3 Å². The van der Waals surface area contributed by atoms with E-state index in [9.17, 15) is 19.4 Å². The Morgan fingerprint density at radius 2 is 1.54 bits per heavy atom. The number of carbonyl (C=O) groups is 1. The Labute approximate surface area is 310 Å². The number of aromatic hydroxyl groups is 2. The van der Waals surface area contributed by atoms with Crippen molar-refractivity contribution in [1.82, 2.24) is 9.47 Å². The van der Waals surface area contributed by atoms with Gasteiger partial charge < -0.3 is 25.0 Å². The maximum absolute atomic E-state index is 13.4. The van der Waals surface area contributed by atoms with E-state index < -0.39 is 5.82 Å². The van der Waals surface area contributed by atoms with Crippen LogP contribution in [0.2, 0.25) is 0 Å². The number of nitrogens with zero attached hydrogens (tertiary/aromatic N) is 2. The number of halogens is 1. The predicted molar refractivity (Wildman–Crippen MR) is 215 cm³/mol. The van der Waals surface area contributed by atoms with Crippen molar-refractivity contribution in [3.8, 4) is 22.6 Å². The van der Waals surface area contributed by atoms with E-state index >= 15 is 0 Å². The fraction of sp³-hybridized carbons (Fsp3) is 0.400. The first-order chi connectivity index (χ1) is 25.0. The SMILES string of the molecule is CC.CCCN(CCC(C)CC)CC(C)Cn1c(C)c(C)c2cc(Cc3cccc(C(=O)Nc4cc(O)c(-c5ccc(F)cc5)c(O)c4)c3)ccc21. The summed E-state index contributed by atoms with van der Waals surface area (Å²) in [6, 6.07) is 22.4. The summed E-state index contributed by atoms with van der Waals surface area (Å²) in [4.78, 5) is 15.9. The minimum atomic E-state index is -0.415. The Kier molecular flexibility index (Phi) is 14.5. The molecule has 0 spiro atoms. The van der Waals surface area contributed by atoms with Crippen LogP contribution in [0.5, 0.6) is 11.5 Å². The molecule has 1 amide bonds. The third-order valence-corrected chi connectivity index (χ3v) is 10.0. The van der Waals surface area contributed by atoms with Gasteiger partial charge in [0.25, 0.3) is 5.91 Å². The van der Waals surface area contributed by atoms with Gasteiger partial charge >= 0.3 is 0 Å². The predicted octanol–water partition coefficient (Wildman–Crippen LogP) is 11.1.